The molecule has 0 radical (unpaired) electrons. The highest BCUT2D eigenvalue weighted by molar-refractivity contribution is 5.76. The van der Waals surface area contributed by atoms with Crippen LogP contribution < -0.4 is 5.32 Å². The van der Waals surface area contributed by atoms with Gasteiger partial charge in [-0.2, -0.15) is 0 Å². The van der Waals surface area contributed by atoms with Gasteiger partial charge in [-0.1, -0.05) is 35.4 Å². The van der Waals surface area contributed by atoms with Crippen molar-refractivity contribution in [2.24, 2.45) is 5.11 Å². The van der Waals surface area contributed by atoms with E-state index < -0.39 is 17.5 Å². The molecule has 2 heterocycles. The number of hydrogen-bond donors (Lipinski definition) is 1. The van der Waals surface area contributed by atoms with Crippen molar-refractivity contribution in [1.82, 2.24) is 5.32 Å². The van der Waals surface area contributed by atoms with Gasteiger partial charge in [-0.15, -0.1) is 0 Å². The standard InChI is InChI=1S/C18H24N4O4/c1-17(2)25-16-14(10-21-22-19)24-12-18(16,26-17)11-20-15(23)9-8-13-6-4-3-5-7-13/h3-7,14,16H,8-12H2,1-2H3,(H,20,23)/t14-,16-,18+/m1/s1. The number of rotatable bonds is 7. The molecule has 1 amide bonds. The summed E-state index contributed by atoms with van der Waals surface area (Å²) in [6.07, 6.45) is 0.311. The number of fused-ring (bicyclic) bond motifs is 1. The van der Waals surface area contributed by atoms with E-state index >= 15 is 0 Å². The number of nitrogens with zero attached hydrogens (tertiary/aromatic N) is 3. The van der Waals surface area contributed by atoms with Crippen LogP contribution in [0.5, 0.6) is 0 Å². The van der Waals surface area contributed by atoms with Gasteiger partial charge in [0.25, 0.3) is 0 Å². The number of carbonyl (C=O) groups is 1. The Balaban J connectivity index is 1.58. The van der Waals surface area contributed by atoms with E-state index in [1.807, 2.05) is 44.2 Å². The van der Waals surface area contributed by atoms with E-state index in [9.17, 15) is 4.79 Å². The molecule has 0 saturated carbocycles. The zero-order chi connectivity index (χ0) is 18.6. The quantitative estimate of drug-likeness (QED) is 0.457. The van der Waals surface area contributed by atoms with Gasteiger partial charge >= 0.3 is 0 Å². The second-order valence-corrected chi connectivity index (χ2v) is 7.13. The van der Waals surface area contributed by atoms with Crippen molar-refractivity contribution >= 4 is 5.91 Å². The average molecular weight is 360 g/mol. The fourth-order valence-electron chi connectivity index (χ4n) is 3.54. The Morgan fingerprint density at radius 2 is 2.15 bits per heavy atom. The van der Waals surface area contributed by atoms with Gasteiger partial charge in [0.1, 0.15) is 11.7 Å². The van der Waals surface area contributed by atoms with Crippen LogP contribution in [0.1, 0.15) is 25.8 Å². The van der Waals surface area contributed by atoms with Crippen molar-refractivity contribution in [3.8, 4) is 0 Å². The zero-order valence-corrected chi connectivity index (χ0v) is 15.1. The summed E-state index contributed by atoms with van der Waals surface area (Å²) >= 11 is 0. The highest BCUT2D eigenvalue weighted by Gasteiger charge is 2.60. The third kappa shape index (κ3) is 4.16. The van der Waals surface area contributed by atoms with Crippen molar-refractivity contribution in [3.05, 3.63) is 46.3 Å². The van der Waals surface area contributed by atoms with Gasteiger partial charge in [-0.05, 0) is 31.4 Å². The van der Waals surface area contributed by atoms with Gasteiger partial charge in [-0.3, -0.25) is 4.79 Å². The van der Waals surface area contributed by atoms with E-state index in [2.05, 4.69) is 15.3 Å². The van der Waals surface area contributed by atoms with Crippen LogP contribution in [0.25, 0.3) is 10.4 Å². The Morgan fingerprint density at radius 3 is 2.88 bits per heavy atom. The van der Waals surface area contributed by atoms with Crippen LogP contribution in [0.2, 0.25) is 0 Å². The van der Waals surface area contributed by atoms with Crippen LogP contribution >= 0.6 is 0 Å². The molecule has 8 heteroatoms. The topological polar surface area (TPSA) is 106 Å². The molecule has 2 aliphatic heterocycles. The minimum Gasteiger partial charge on any atom is -0.372 e. The molecule has 1 N–H and O–H groups in total. The maximum absolute atomic E-state index is 12.3. The summed E-state index contributed by atoms with van der Waals surface area (Å²) in [5.74, 6) is -0.827. The van der Waals surface area contributed by atoms with Crippen molar-refractivity contribution in [3.63, 3.8) is 0 Å². The van der Waals surface area contributed by atoms with Gasteiger partial charge in [0.15, 0.2) is 5.79 Å². The van der Waals surface area contributed by atoms with Gasteiger partial charge in [-0.25, -0.2) is 0 Å². The average Bonchev–Trinajstić information content (AvgIpc) is 3.07. The van der Waals surface area contributed by atoms with E-state index in [4.69, 9.17) is 19.7 Å². The van der Waals surface area contributed by atoms with Crippen LogP contribution in [-0.2, 0) is 25.4 Å². The number of carbonyl (C=O) groups excluding carboxylic acids is 1. The summed E-state index contributed by atoms with van der Waals surface area (Å²) in [5.41, 5.74) is 8.90. The first-order valence-corrected chi connectivity index (χ1v) is 8.75. The third-order valence-electron chi connectivity index (χ3n) is 4.65. The van der Waals surface area contributed by atoms with Gasteiger partial charge in [0.2, 0.25) is 5.91 Å². The summed E-state index contributed by atoms with van der Waals surface area (Å²) in [7, 11) is 0. The molecule has 2 fully saturated rings. The lowest BCUT2D eigenvalue weighted by Crippen LogP contribution is -2.51. The highest BCUT2D eigenvalue weighted by Crippen LogP contribution is 2.43. The Hall–Kier alpha value is -2.12. The molecule has 1 aromatic rings. The molecule has 1 aromatic carbocycles. The lowest BCUT2D eigenvalue weighted by atomic mass is 9.96. The van der Waals surface area contributed by atoms with E-state index in [0.717, 1.165) is 5.56 Å². The predicted molar refractivity (Wildman–Crippen MR) is 94.3 cm³/mol. The van der Waals surface area contributed by atoms with E-state index in [0.29, 0.717) is 19.4 Å². The lowest BCUT2D eigenvalue weighted by Gasteiger charge is -2.27. The molecular weight excluding hydrogens is 336 g/mol. The molecule has 3 atom stereocenters. The third-order valence-corrected chi connectivity index (χ3v) is 4.65. The molecular formula is C18H24N4O4. The summed E-state index contributed by atoms with van der Waals surface area (Å²) in [6.45, 7) is 4.40. The summed E-state index contributed by atoms with van der Waals surface area (Å²) in [6, 6.07) is 9.88. The van der Waals surface area contributed by atoms with Crippen LogP contribution in [0, 0.1) is 0 Å². The Bertz CT molecular complexity index is 690. The fourth-order valence-corrected chi connectivity index (χ4v) is 3.54. The molecule has 0 aliphatic carbocycles. The van der Waals surface area contributed by atoms with Gasteiger partial charge in [0.05, 0.1) is 25.8 Å². The Kier molecular flexibility index (Phi) is 5.48. The molecule has 2 aliphatic rings. The number of aryl methyl sites for hydroxylation is 1. The number of ether oxygens (including phenoxy) is 3. The van der Waals surface area contributed by atoms with E-state index in [-0.39, 0.29) is 25.2 Å². The van der Waals surface area contributed by atoms with E-state index in [1.54, 1.807) is 0 Å². The van der Waals surface area contributed by atoms with Crippen LogP contribution in [0.4, 0.5) is 0 Å². The summed E-state index contributed by atoms with van der Waals surface area (Å²) in [4.78, 5) is 15.0. The molecule has 8 nitrogen and oxygen atoms in total. The minimum atomic E-state index is -0.780. The van der Waals surface area contributed by atoms with Crippen LogP contribution in [0.15, 0.2) is 35.4 Å². The summed E-state index contributed by atoms with van der Waals surface area (Å²) < 4.78 is 17.8. The number of amides is 1. The number of azide groups is 1. The second kappa shape index (κ2) is 7.63. The number of hydrogen-bond acceptors (Lipinski definition) is 5. The van der Waals surface area contributed by atoms with Crippen molar-refractivity contribution in [1.29, 1.82) is 0 Å². The molecule has 2 saturated heterocycles. The van der Waals surface area contributed by atoms with Crippen LogP contribution in [0.3, 0.4) is 0 Å². The first-order chi connectivity index (χ1) is 12.4. The molecule has 140 valence electrons. The minimum absolute atomic E-state index is 0.0474. The summed E-state index contributed by atoms with van der Waals surface area (Å²) in [5, 5.41) is 6.53. The van der Waals surface area contributed by atoms with Gasteiger partial charge < -0.3 is 19.5 Å². The largest absolute Gasteiger partial charge is 0.372 e. The van der Waals surface area contributed by atoms with Crippen molar-refractivity contribution < 1.29 is 19.0 Å². The molecule has 0 unspecified atom stereocenters. The first-order valence-electron chi connectivity index (χ1n) is 8.75. The molecule has 0 bridgehead atoms. The molecule has 26 heavy (non-hydrogen) atoms. The lowest BCUT2D eigenvalue weighted by molar-refractivity contribution is -0.188. The molecule has 0 spiro atoms. The van der Waals surface area contributed by atoms with Gasteiger partial charge in [0, 0.05) is 11.3 Å². The Labute approximate surface area is 152 Å². The highest BCUT2D eigenvalue weighted by atomic mass is 16.8. The van der Waals surface area contributed by atoms with E-state index in [1.165, 1.54) is 0 Å². The monoisotopic (exact) mass is 360 g/mol. The number of nitrogens with one attached hydrogen (secondary N) is 1. The maximum atomic E-state index is 12.3. The van der Waals surface area contributed by atoms with Crippen molar-refractivity contribution in [2.45, 2.75) is 50.3 Å². The number of benzene rings is 1. The SMILES string of the molecule is CC1(C)O[C@@H]2[C@@H](CN=[N+]=[N-])OC[C@]2(CNC(=O)CCc2ccccc2)O1. The predicted octanol–water partition coefficient (Wildman–Crippen LogP) is 2.33. The zero-order valence-electron chi connectivity index (χ0n) is 15.1. The van der Waals surface area contributed by atoms with Crippen LogP contribution in [-0.4, -0.2) is 49.2 Å². The molecule has 0 aromatic heterocycles. The van der Waals surface area contributed by atoms with Crippen molar-refractivity contribution in [2.75, 3.05) is 19.7 Å². The Morgan fingerprint density at radius 1 is 1.38 bits per heavy atom. The fraction of sp³-hybridized carbons (Fsp3) is 0.611. The molecule has 3 rings (SSSR count). The smallest absolute Gasteiger partial charge is 0.220 e. The normalized spacial score (nSPS) is 29.0. The maximum Gasteiger partial charge on any atom is 0.220 e. The second-order valence-electron chi connectivity index (χ2n) is 7.13. The first kappa shape index (κ1) is 18.7.